The molecule has 33 heavy (non-hydrogen) atoms. The Morgan fingerprint density at radius 3 is 2.55 bits per heavy atom. The van der Waals surface area contributed by atoms with Gasteiger partial charge in [0, 0.05) is 86.4 Å². The van der Waals surface area contributed by atoms with Crippen molar-refractivity contribution in [3.8, 4) is 0 Å². The highest BCUT2D eigenvalue weighted by atomic mass is 35.5. The number of aromatic nitrogens is 3. The molecule has 8 heteroatoms. The summed E-state index contributed by atoms with van der Waals surface area (Å²) in [5.41, 5.74) is 3.08. The average molecular weight is 466 g/mol. The molecule has 2 aliphatic heterocycles. The summed E-state index contributed by atoms with van der Waals surface area (Å²) in [6.07, 6.45) is 5.63. The Hall–Kier alpha value is -2.64. The van der Waals surface area contributed by atoms with Crippen LogP contribution in [-0.4, -0.2) is 72.2 Å². The molecule has 2 aliphatic rings. The van der Waals surface area contributed by atoms with Gasteiger partial charge in [0.15, 0.2) is 0 Å². The molecule has 0 amide bonds. The van der Waals surface area contributed by atoms with E-state index in [0.717, 1.165) is 86.4 Å². The summed E-state index contributed by atoms with van der Waals surface area (Å²) in [6.45, 7) is 10.2. The molecule has 1 aromatic carbocycles. The Morgan fingerprint density at radius 1 is 0.909 bits per heavy atom. The summed E-state index contributed by atoms with van der Waals surface area (Å²) in [5.74, 6) is 1.98. The van der Waals surface area contributed by atoms with Gasteiger partial charge in [-0.15, -0.1) is 0 Å². The van der Waals surface area contributed by atoms with E-state index in [1.807, 2.05) is 30.5 Å². The van der Waals surface area contributed by atoms with Crippen molar-refractivity contribution in [2.75, 3.05) is 67.5 Å². The smallest absolute Gasteiger partial charge is 0.227 e. The summed E-state index contributed by atoms with van der Waals surface area (Å²) in [5, 5.41) is 5.41. The molecule has 0 aliphatic carbocycles. The van der Waals surface area contributed by atoms with Crippen molar-refractivity contribution in [1.29, 1.82) is 0 Å². The van der Waals surface area contributed by atoms with Crippen molar-refractivity contribution in [3.63, 3.8) is 0 Å². The van der Waals surface area contributed by atoms with Crippen LogP contribution in [-0.2, 0) is 0 Å². The standard InChI is InChI=1S/C25H32ClN7/c1-19-17-24(30-25(29-19)33-10-3-2-4-11-33)32-15-13-31(14-16-32)12-9-28-22-7-8-27-23-18-20(26)5-6-21(22)23/h5-8,17-18H,2-4,9-16H2,1H3,(H,27,28). The van der Waals surface area contributed by atoms with Gasteiger partial charge in [-0.25, -0.2) is 4.98 Å². The van der Waals surface area contributed by atoms with E-state index in [1.165, 1.54) is 19.3 Å². The zero-order chi connectivity index (χ0) is 22.6. The van der Waals surface area contributed by atoms with Gasteiger partial charge in [-0.1, -0.05) is 11.6 Å². The first kappa shape index (κ1) is 22.2. The van der Waals surface area contributed by atoms with Gasteiger partial charge < -0.3 is 15.1 Å². The maximum atomic E-state index is 6.11. The quantitative estimate of drug-likeness (QED) is 0.585. The molecule has 0 saturated carbocycles. The monoisotopic (exact) mass is 465 g/mol. The minimum atomic E-state index is 0.715. The molecule has 174 valence electrons. The highest BCUT2D eigenvalue weighted by Gasteiger charge is 2.21. The van der Waals surface area contributed by atoms with Crippen LogP contribution in [0.4, 0.5) is 17.5 Å². The van der Waals surface area contributed by atoms with Gasteiger partial charge in [0.25, 0.3) is 0 Å². The van der Waals surface area contributed by atoms with Gasteiger partial charge >= 0.3 is 0 Å². The van der Waals surface area contributed by atoms with Crippen molar-refractivity contribution >= 4 is 40.0 Å². The van der Waals surface area contributed by atoms with E-state index in [0.29, 0.717) is 5.02 Å². The summed E-state index contributed by atoms with van der Waals surface area (Å²) in [6, 6.07) is 10.0. The van der Waals surface area contributed by atoms with E-state index in [9.17, 15) is 0 Å². The van der Waals surface area contributed by atoms with Crippen LogP contribution in [0.2, 0.25) is 5.02 Å². The van der Waals surface area contributed by atoms with Crippen LogP contribution in [0.5, 0.6) is 0 Å². The van der Waals surface area contributed by atoms with Gasteiger partial charge in [0.1, 0.15) is 5.82 Å². The van der Waals surface area contributed by atoms with Crippen molar-refractivity contribution in [2.24, 2.45) is 0 Å². The van der Waals surface area contributed by atoms with Gasteiger partial charge in [0.05, 0.1) is 5.52 Å². The van der Waals surface area contributed by atoms with Gasteiger partial charge in [-0.3, -0.25) is 9.88 Å². The summed E-state index contributed by atoms with van der Waals surface area (Å²) >= 11 is 6.11. The molecule has 7 nitrogen and oxygen atoms in total. The molecule has 3 aromatic rings. The number of benzene rings is 1. The first-order chi connectivity index (χ1) is 16.2. The first-order valence-corrected chi connectivity index (χ1v) is 12.4. The fraction of sp³-hybridized carbons (Fsp3) is 0.480. The van der Waals surface area contributed by atoms with Crippen molar-refractivity contribution < 1.29 is 0 Å². The predicted molar refractivity (Wildman–Crippen MR) is 137 cm³/mol. The van der Waals surface area contributed by atoms with Gasteiger partial charge in [-0.2, -0.15) is 4.98 Å². The lowest BCUT2D eigenvalue weighted by Crippen LogP contribution is -2.48. The molecule has 2 aromatic heterocycles. The van der Waals surface area contributed by atoms with E-state index in [1.54, 1.807) is 0 Å². The topological polar surface area (TPSA) is 60.4 Å². The summed E-state index contributed by atoms with van der Waals surface area (Å²) < 4.78 is 0. The molecule has 0 unspecified atom stereocenters. The molecule has 0 spiro atoms. The number of hydrogen-bond acceptors (Lipinski definition) is 7. The number of anilines is 3. The lowest BCUT2D eigenvalue weighted by molar-refractivity contribution is 0.266. The maximum Gasteiger partial charge on any atom is 0.227 e. The number of halogens is 1. The highest BCUT2D eigenvalue weighted by Crippen LogP contribution is 2.25. The number of fused-ring (bicyclic) bond motifs is 1. The average Bonchev–Trinajstić information content (AvgIpc) is 2.84. The highest BCUT2D eigenvalue weighted by molar-refractivity contribution is 6.31. The van der Waals surface area contributed by atoms with Crippen LogP contribution in [0.3, 0.4) is 0 Å². The normalized spacial score (nSPS) is 17.5. The van der Waals surface area contributed by atoms with Crippen molar-refractivity contribution in [3.05, 3.63) is 47.2 Å². The fourth-order valence-electron chi connectivity index (χ4n) is 4.76. The molecular weight excluding hydrogens is 434 g/mol. The molecule has 2 fully saturated rings. The molecule has 0 radical (unpaired) electrons. The minimum Gasteiger partial charge on any atom is -0.383 e. The Labute approximate surface area is 200 Å². The Bertz CT molecular complexity index is 1090. The van der Waals surface area contributed by atoms with Crippen LogP contribution in [0.1, 0.15) is 25.0 Å². The fourth-order valence-corrected chi connectivity index (χ4v) is 4.92. The lowest BCUT2D eigenvalue weighted by atomic mass is 10.1. The lowest BCUT2D eigenvalue weighted by Gasteiger charge is -2.36. The van der Waals surface area contributed by atoms with E-state index < -0.39 is 0 Å². The molecule has 2 saturated heterocycles. The predicted octanol–water partition coefficient (Wildman–Crippen LogP) is 4.21. The van der Waals surface area contributed by atoms with Crippen molar-refractivity contribution in [1.82, 2.24) is 19.9 Å². The second-order valence-corrected chi connectivity index (χ2v) is 9.43. The van der Waals surface area contributed by atoms with Crippen molar-refractivity contribution in [2.45, 2.75) is 26.2 Å². The van der Waals surface area contributed by atoms with Crippen LogP contribution in [0.25, 0.3) is 10.9 Å². The summed E-state index contributed by atoms with van der Waals surface area (Å²) in [7, 11) is 0. The Kier molecular flexibility index (Phi) is 6.78. The first-order valence-electron chi connectivity index (χ1n) is 12.0. The summed E-state index contributed by atoms with van der Waals surface area (Å²) in [4.78, 5) is 21.4. The SMILES string of the molecule is Cc1cc(N2CCN(CCNc3ccnc4cc(Cl)ccc34)CC2)nc(N2CCCCC2)n1. The van der Waals surface area contributed by atoms with Crippen LogP contribution in [0.15, 0.2) is 36.5 Å². The number of piperidine rings is 1. The number of aryl methyl sites for hydroxylation is 1. The Balaban J connectivity index is 1.15. The molecular formula is C25H32ClN7. The molecule has 1 N–H and O–H groups in total. The van der Waals surface area contributed by atoms with Crippen LogP contribution >= 0.6 is 11.6 Å². The third-order valence-corrected chi connectivity index (χ3v) is 6.85. The third-order valence-electron chi connectivity index (χ3n) is 6.61. The number of hydrogen-bond donors (Lipinski definition) is 1. The molecule has 0 bridgehead atoms. The van der Waals surface area contributed by atoms with Crippen LogP contribution < -0.4 is 15.1 Å². The zero-order valence-corrected chi connectivity index (χ0v) is 20.1. The molecule has 4 heterocycles. The van der Waals surface area contributed by atoms with E-state index in [4.69, 9.17) is 21.6 Å². The molecule has 0 atom stereocenters. The number of rotatable bonds is 6. The zero-order valence-electron chi connectivity index (χ0n) is 19.3. The second kappa shape index (κ2) is 10.1. The number of piperazine rings is 1. The van der Waals surface area contributed by atoms with E-state index >= 15 is 0 Å². The van der Waals surface area contributed by atoms with E-state index in [2.05, 4.69) is 38.0 Å². The second-order valence-electron chi connectivity index (χ2n) is 8.99. The van der Waals surface area contributed by atoms with Crippen LogP contribution in [0, 0.1) is 6.92 Å². The number of nitrogens with one attached hydrogen (secondary N) is 1. The minimum absolute atomic E-state index is 0.715. The van der Waals surface area contributed by atoms with E-state index in [-0.39, 0.29) is 0 Å². The Morgan fingerprint density at radius 2 is 1.73 bits per heavy atom. The number of nitrogens with zero attached hydrogens (tertiary/aromatic N) is 6. The number of pyridine rings is 1. The van der Waals surface area contributed by atoms with Gasteiger partial charge in [-0.05, 0) is 50.5 Å². The molecule has 5 rings (SSSR count). The third kappa shape index (κ3) is 5.31. The van der Waals surface area contributed by atoms with Gasteiger partial charge in [0.2, 0.25) is 5.95 Å². The maximum absolute atomic E-state index is 6.11. The largest absolute Gasteiger partial charge is 0.383 e.